The second-order valence-electron chi connectivity index (χ2n) is 4.14. The van der Waals surface area contributed by atoms with Crippen LogP contribution in [-0.4, -0.2) is 23.2 Å². The standard InChI is InChI=1S/C11H21NOS/c1-11(2,10-12)6-3-4-8-14-9-5-7-13/h13H,3-9H2,1-2H3. The van der Waals surface area contributed by atoms with E-state index in [1.807, 2.05) is 25.6 Å². The predicted molar refractivity (Wildman–Crippen MR) is 62.3 cm³/mol. The molecule has 0 saturated heterocycles. The van der Waals surface area contributed by atoms with Crippen LogP contribution < -0.4 is 0 Å². The van der Waals surface area contributed by atoms with Crippen molar-refractivity contribution in [1.29, 1.82) is 5.26 Å². The highest BCUT2D eigenvalue weighted by molar-refractivity contribution is 7.99. The summed E-state index contributed by atoms with van der Waals surface area (Å²) >= 11 is 1.89. The molecule has 0 aromatic rings. The van der Waals surface area contributed by atoms with Gasteiger partial charge in [0.15, 0.2) is 0 Å². The average Bonchev–Trinajstić information content (AvgIpc) is 2.16. The van der Waals surface area contributed by atoms with Crippen LogP contribution in [0.4, 0.5) is 0 Å². The first-order valence-electron chi connectivity index (χ1n) is 5.22. The lowest BCUT2D eigenvalue weighted by Crippen LogP contribution is -2.07. The van der Waals surface area contributed by atoms with Crippen molar-refractivity contribution in [3.63, 3.8) is 0 Å². The van der Waals surface area contributed by atoms with E-state index in [9.17, 15) is 0 Å². The fourth-order valence-corrected chi connectivity index (χ4v) is 2.04. The first kappa shape index (κ1) is 13.8. The zero-order valence-corrected chi connectivity index (χ0v) is 10.1. The van der Waals surface area contributed by atoms with Gasteiger partial charge in [-0.1, -0.05) is 6.42 Å². The monoisotopic (exact) mass is 215 g/mol. The topological polar surface area (TPSA) is 44.0 Å². The van der Waals surface area contributed by atoms with Crippen LogP contribution >= 0.6 is 11.8 Å². The van der Waals surface area contributed by atoms with E-state index < -0.39 is 0 Å². The summed E-state index contributed by atoms with van der Waals surface area (Å²) in [5.41, 5.74) is -0.157. The zero-order valence-electron chi connectivity index (χ0n) is 9.25. The van der Waals surface area contributed by atoms with Crippen LogP contribution in [0.25, 0.3) is 0 Å². The Kier molecular flexibility index (Phi) is 8.02. The van der Waals surface area contributed by atoms with E-state index in [-0.39, 0.29) is 5.41 Å². The van der Waals surface area contributed by atoms with Crippen LogP contribution in [0.2, 0.25) is 0 Å². The molecule has 0 unspecified atom stereocenters. The Balaban J connectivity index is 3.18. The van der Waals surface area contributed by atoms with Gasteiger partial charge in [-0.25, -0.2) is 0 Å². The van der Waals surface area contributed by atoms with Crippen LogP contribution in [-0.2, 0) is 0 Å². The molecule has 3 heteroatoms. The number of aliphatic hydroxyl groups excluding tert-OH is 1. The molecule has 0 rings (SSSR count). The Morgan fingerprint density at radius 2 is 1.86 bits per heavy atom. The molecule has 0 saturated carbocycles. The van der Waals surface area contributed by atoms with E-state index in [1.165, 1.54) is 6.42 Å². The largest absolute Gasteiger partial charge is 0.396 e. The van der Waals surface area contributed by atoms with Gasteiger partial charge in [-0.15, -0.1) is 0 Å². The molecule has 0 amide bonds. The van der Waals surface area contributed by atoms with Gasteiger partial charge in [0.2, 0.25) is 0 Å². The number of nitrogens with zero attached hydrogens (tertiary/aromatic N) is 1. The third-order valence-corrected chi connectivity index (χ3v) is 3.24. The van der Waals surface area contributed by atoms with E-state index in [2.05, 4.69) is 6.07 Å². The second-order valence-corrected chi connectivity index (χ2v) is 5.37. The molecule has 1 N–H and O–H groups in total. The predicted octanol–water partition coefficient (Wildman–Crippen LogP) is 2.82. The molecule has 0 aliphatic carbocycles. The van der Waals surface area contributed by atoms with Crippen LogP contribution in [0.1, 0.15) is 39.5 Å². The van der Waals surface area contributed by atoms with E-state index in [0.29, 0.717) is 6.61 Å². The number of aliphatic hydroxyl groups is 1. The summed E-state index contributed by atoms with van der Waals surface area (Å²) in [5, 5.41) is 17.3. The fourth-order valence-electron chi connectivity index (χ4n) is 1.10. The molecule has 0 aliphatic rings. The van der Waals surface area contributed by atoms with E-state index in [0.717, 1.165) is 30.8 Å². The van der Waals surface area contributed by atoms with Gasteiger partial charge in [0.05, 0.1) is 11.5 Å². The van der Waals surface area contributed by atoms with Crippen LogP contribution in [0.3, 0.4) is 0 Å². The van der Waals surface area contributed by atoms with E-state index in [4.69, 9.17) is 10.4 Å². The lowest BCUT2D eigenvalue weighted by molar-refractivity contribution is 0.296. The van der Waals surface area contributed by atoms with Crippen LogP contribution in [0.5, 0.6) is 0 Å². The molecule has 0 heterocycles. The maximum Gasteiger partial charge on any atom is 0.0683 e. The van der Waals surface area contributed by atoms with Gasteiger partial charge in [0.1, 0.15) is 0 Å². The molecule has 0 atom stereocenters. The van der Waals surface area contributed by atoms with Crippen molar-refractivity contribution in [3.05, 3.63) is 0 Å². The van der Waals surface area contributed by atoms with Crippen molar-refractivity contribution < 1.29 is 5.11 Å². The summed E-state index contributed by atoms with van der Waals surface area (Å²) in [6, 6.07) is 2.31. The van der Waals surface area contributed by atoms with Crippen molar-refractivity contribution in [2.24, 2.45) is 5.41 Å². The third kappa shape index (κ3) is 8.40. The van der Waals surface area contributed by atoms with Crippen LogP contribution in [0.15, 0.2) is 0 Å². The van der Waals surface area contributed by atoms with Gasteiger partial charge in [-0.05, 0) is 44.6 Å². The lowest BCUT2D eigenvalue weighted by atomic mass is 9.89. The summed E-state index contributed by atoms with van der Waals surface area (Å²) in [6.07, 6.45) is 4.20. The first-order chi connectivity index (χ1) is 6.62. The van der Waals surface area contributed by atoms with Crippen molar-refractivity contribution >= 4 is 11.8 Å². The molecule has 14 heavy (non-hydrogen) atoms. The number of hydrogen-bond acceptors (Lipinski definition) is 3. The van der Waals surface area contributed by atoms with Gasteiger partial charge < -0.3 is 5.11 Å². The number of nitriles is 1. The number of hydrogen-bond donors (Lipinski definition) is 1. The summed E-state index contributed by atoms with van der Waals surface area (Å²) in [7, 11) is 0. The number of thioether (sulfide) groups is 1. The summed E-state index contributed by atoms with van der Waals surface area (Å²) in [5.74, 6) is 2.21. The van der Waals surface area contributed by atoms with Gasteiger partial charge in [-0.2, -0.15) is 17.0 Å². The highest BCUT2D eigenvalue weighted by Crippen LogP contribution is 2.22. The Hall–Kier alpha value is -0.200. The summed E-state index contributed by atoms with van der Waals surface area (Å²) in [4.78, 5) is 0. The van der Waals surface area contributed by atoms with Crippen molar-refractivity contribution in [1.82, 2.24) is 0 Å². The average molecular weight is 215 g/mol. The quantitative estimate of drug-likeness (QED) is 0.633. The van der Waals surface area contributed by atoms with Gasteiger partial charge in [0, 0.05) is 6.61 Å². The molecule has 0 spiro atoms. The lowest BCUT2D eigenvalue weighted by Gasteiger charge is -2.13. The minimum atomic E-state index is -0.157. The molecular formula is C11H21NOS. The molecule has 0 aromatic carbocycles. The Labute approximate surface area is 91.7 Å². The van der Waals surface area contributed by atoms with Gasteiger partial charge >= 0.3 is 0 Å². The molecule has 0 fully saturated rings. The summed E-state index contributed by atoms with van der Waals surface area (Å²) in [6.45, 7) is 4.28. The SMILES string of the molecule is CC(C)(C#N)CCCCSCCCO. The van der Waals surface area contributed by atoms with Crippen molar-refractivity contribution in [2.45, 2.75) is 39.5 Å². The highest BCUT2D eigenvalue weighted by Gasteiger charge is 2.14. The molecule has 0 aliphatic heterocycles. The number of unbranched alkanes of at least 4 members (excludes halogenated alkanes) is 1. The summed E-state index contributed by atoms with van der Waals surface area (Å²) < 4.78 is 0. The third-order valence-electron chi connectivity index (χ3n) is 2.09. The minimum absolute atomic E-state index is 0.157. The fraction of sp³-hybridized carbons (Fsp3) is 0.909. The van der Waals surface area contributed by atoms with Crippen LogP contribution in [0, 0.1) is 16.7 Å². The normalized spacial score (nSPS) is 11.3. The molecule has 0 aromatic heterocycles. The van der Waals surface area contributed by atoms with E-state index in [1.54, 1.807) is 0 Å². The molecule has 2 nitrogen and oxygen atoms in total. The highest BCUT2D eigenvalue weighted by atomic mass is 32.2. The number of rotatable bonds is 8. The Morgan fingerprint density at radius 3 is 2.43 bits per heavy atom. The van der Waals surface area contributed by atoms with Crippen molar-refractivity contribution in [2.75, 3.05) is 18.1 Å². The smallest absolute Gasteiger partial charge is 0.0683 e. The molecule has 0 bridgehead atoms. The first-order valence-corrected chi connectivity index (χ1v) is 6.38. The Bertz CT molecular complexity index is 175. The maximum atomic E-state index is 8.78. The minimum Gasteiger partial charge on any atom is -0.396 e. The van der Waals surface area contributed by atoms with E-state index >= 15 is 0 Å². The molecular weight excluding hydrogens is 194 g/mol. The molecule has 82 valence electrons. The van der Waals surface area contributed by atoms with Gasteiger partial charge in [-0.3, -0.25) is 0 Å². The van der Waals surface area contributed by atoms with Gasteiger partial charge in [0.25, 0.3) is 0 Å². The second kappa shape index (κ2) is 8.14. The maximum absolute atomic E-state index is 8.78. The molecule has 0 radical (unpaired) electrons. The Morgan fingerprint density at radius 1 is 1.21 bits per heavy atom. The zero-order chi connectivity index (χ0) is 10.9. The van der Waals surface area contributed by atoms with Crippen molar-refractivity contribution in [3.8, 4) is 6.07 Å².